The summed E-state index contributed by atoms with van der Waals surface area (Å²) in [6.07, 6.45) is 2.55. The second-order valence-corrected chi connectivity index (χ2v) is 4.79. The number of aryl methyl sites for hydroxylation is 1. The lowest BCUT2D eigenvalue weighted by Gasteiger charge is -2.26. The molecule has 102 valence electrons. The van der Waals surface area contributed by atoms with Crippen LogP contribution in [0.25, 0.3) is 5.65 Å². The zero-order valence-electron chi connectivity index (χ0n) is 11.1. The third kappa shape index (κ3) is 2.26. The smallest absolute Gasteiger partial charge is 0.165 e. The van der Waals surface area contributed by atoms with Gasteiger partial charge >= 0.3 is 0 Å². The second kappa shape index (κ2) is 4.75. The molecule has 0 aliphatic carbocycles. The van der Waals surface area contributed by atoms with Crippen LogP contribution in [0.5, 0.6) is 0 Å². The van der Waals surface area contributed by atoms with Gasteiger partial charge in [-0.1, -0.05) is 0 Å². The van der Waals surface area contributed by atoms with Gasteiger partial charge in [-0.25, -0.2) is 4.98 Å². The molecule has 0 aromatic carbocycles. The second-order valence-electron chi connectivity index (χ2n) is 4.79. The molecule has 1 N–H and O–H groups in total. The van der Waals surface area contributed by atoms with Crippen molar-refractivity contribution in [2.75, 3.05) is 32.2 Å². The van der Waals surface area contributed by atoms with E-state index in [1.807, 2.05) is 17.4 Å². The molecule has 1 saturated heterocycles. The van der Waals surface area contributed by atoms with E-state index in [1.54, 1.807) is 13.4 Å². The maximum atomic E-state index is 5.57. The number of hydrogen-bond donors (Lipinski definition) is 1. The van der Waals surface area contributed by atoms with E-state index in [1.165, 1.54) is 0 Å². The van der Waals surface area contributed by atoms with Crippen LogP contribution >= 0.6 is 0 Å². The number of ether oxygens (including phenoxy) is 2. The first-order valence-corrected chi connectivity index (χ1v) is 6.27. The standard InChI is InChI=1S/C12H17N5O2/c1-9-15-10(5-11-16-14-8-17(9)11)13-6-12(18-2)3-4-19-7-12/h5,8,13H,3-4,6-7H2,1-2H3. The van der Waals surface area contributed by atoms with Gasteiger partial charge in [0.15, 0.2) is 5.65 Å². The lowest BCUT2D eigenvalue weighted by Crippen LogP contribution is -2.39. The van der Waals surface area contributed by atoms with Gasteiger partial charge in [0, 0.05) is 32.7 Å². The van der Waals surface area contributed by atoms with Gasteiger partial charge in [-0.3, -0.25) is 4.40 Å². The van der Waals surface area contributed by atoms with Crippen molar-refractivity contribution in [3.05, 3.63) is 18.2 Å². The van der Waals surface area contributed by atoms with Crippen molar-refractivity contribution in [3.8, 4) is 0 Å². The Morgan fingerprint density at radius 2 is 2.47 bits per heavy atom. The average molecular weight is 263 g/mol. The monoisotopic (exact) mass is 263 g/mol. The summed E-state index contributed by atoms with van der Waals surface area (Å²) in [5.41, 5.74) is 0.527. The minimum absolute atomic E-state index is 0.255. The highest BCUT2D eigenvalue weighted by Crippen LogP contribution is 2.23. The van der Waals surface area contributed by atoms with Gasteiger partial charge < -0.3 is 14.8 Å². The van der Waals surface area contributed by atoms with Crippen LogP contribution in [-0.2, 0) is 9.47 Å². The molecule has 1 aliphatic heterocycles. The molecule has 1 unspecified atom stereocenters. The number of rotatable bonds is 4. The predicted molar refractivity (Wildman–Crippen MR) is 69.2 cm³/mol. The zero-order valence-corrected chi connectivity index (χ0v) is 11.1. The molecule has 0 radical (unpaired) electrons. The lowest BCUT2D eigenvalue weighted by molar-refractivity contribution is -0.00625. The van der Waals surface area contributed by atoms with E-state index in [2.05, 4.69) is 20.5 Å². The maximum absolute atomic E-state index is 5.57. The summed E-state index contributed by atoms with van der Waals surface area (Å²) in [5, 5.41) is 11.2. The molecule has 2 aromatic heterocycles. The van der Waals surface area contributed by atoms with Crippen molar-refractivity contribution in [3.63, 3.8) is 0 Å². The highest BCUT2D eigenvalue weighted by molar-refractivity contribution is 5.49. The molecule has 3 rings (SSSR count). The first-order chi connectivity index (χ1) is 9.22. The van der Waals surface area contributed by atoms with E-state index < -0.39 is 0 Å². The molecule has 0 spiro atoms. The number of methoxy groups -OCH3 is 1. The molecule has 19 heavy (non-hydrogen) atoms. The summed E-state index contributed by atoms with van der Waals surface area (Å²) < 4.78 is 12.8. The lowest BCUT2D eigenvalue weighted by atomic mass is 10.0. The number of fused-ring (bicyclic) bond motifs is 1. The Labute approximate surface area is 111 Å². The van der Waals surface area contributed by atoms with E-state index in [4.69, 9.17) is 9.47 Å². The average Bonchev–Trinajstić information content (AvgIpc) is 3.06. The van der Waals surface area contributed by atoms with Gasteiger partial charge in [-0.05, 0) is 6.92 Å². The third-order valence-electron chi connectivity index (χ3n) is 3.56. The largest absolute Gasteiger partial charge is 0.378 e. The van der Waals surface area contributed by atoms with Gasteiger partial charge in [0.1, 0.15) is 23.6 Å². The van der Waals surface area contributed by atoms with Crippen molar-refractivity contribution < 1.29 is 9.47 Å². The molecule has 7 heteroatoms. The Hall–Kier alpha value is -1.73. The minimum atomic E-state index is -0.255. The van der Waals surface area contributed by atoms with E-state index in [-0.39, 0.29) is 5.60 Å². The molecule has 7 nitrogen and oxygen atoms in total. The summed E-state index contributed by atoms with van der Waals surface area (Å²) >= 11 is 0. The Bertz CT molecular complexity index is 577. The van der Waals surface area contributed by atoms with Crippen LogP contribution in [0.2, 0.25) is 0 Å². The minimum Gasteiger partial charge on any atom is -0.378 e. The number of nitrogens with zero attached hydrogens (tertiary/aromatic N) is 4. The maximum Gasteiger partial charge on any atom is 0.165 e. The molecule has 0 saturated carbocycles. The quantitative estimate of drug-likeness (QED) is 0.873. The normalized spacial score (nSPS) is 23.1. The van der Waals surface area contributed by atoms with Crippen LogP contribution in [0.15, 0.2) is 12.4 Å². The van der Waals surface area contributed by atoms with E-state index in [9.17, 15) is 0 Å². The fraction of sp³-hybridized carbons (Fsp3) is 0.583. The molecular weight excluding hydrogens is 246 g/mol. The first kappa shape index (κ1) is 12.3. The molecule has 1 fully saturated rings. The number of hydrogen-bond acceptors (Lipinski definition) is 6. The van der Waals surface area contributed by atoms with E-state index in [0.29, 0.717) is 13.2 Å². The summed E-state index contributed by atoms with van der Waals surface area (Å²) in [6.45, 7) is 3.94. The van der Waals surface area contributed by atoms with Crippen molar-refractivity contribution >= 4 is 11.5 Å². The molecule has 3 heterocycles. The van der Waals surface area contributed by atoms with Crippen LogP contribution in [0, 0.1) is 6.92 Å². The summed E-state index contributed by atoms with van der Waals surface area (Å²) in [7, 11) is 1.72. The van der Waals surface area contributed by atoms with E-state index >= 15 is 0 Å². The Morgan fingerprint density at radius 1 is 1.58 bits per heavy atom. The van der Waals surface area contributed by atoms with Gasteiger partial charge in [-0.2, -0.15) is 0 Å². The van der Waals surface area contributed by atoms with Gasteiger partial charge in [0.05, 0.1) is 6.61 Å². The van der Waals surface area contributed by atoms with Crippen LogP contribution in [-0.4, -0.2) is 52.1 Å². The number of anilines is 1. The van der Waals surface area contributed by atoms with Crippen LogP contribution in [0.4, 0.5) is 5.82 Å². The van der Waals surface area contributed by atoms with Gasteiger partial charge in [0.25, 0.3) is 0 Å². The Morgan fingerprint density at radius 3 is 3.21 bits per heavy atom. The number of aromatic nitrogens is 4. The van der Waals surface area contributed by atoms with Crippen LogP contribution < -0.4 is 5.32 Å². The molecule has 0 bridgehead atoms. The van der Waals surface area contributed by atoms with Crippen LogP contribution in [0.3, 0.4) is 0 Å². The van der Waals surface area contributed by atoms with Crippen molar-refractivity contribution in [2.24, 2.45) is 0 Å². The Balaban J connectivity index is 1.77. The topological polar surface area (TPSA) is 73.6 Å². The highest BCUT2D eigenvalue weighted by atomic mass is 16.5. The fourth-order valence-electron chi connectivity index (χ4n) is 2.28. The molecular formula is C12H17N5O2. The molecule has 1 aliphatic rings. The van der Waals surface area contributed by atoms with Crippen molar-refractivity contribution in [1.82, 2.24) is 19.6 Å². The zero-order chi connectivity index (χ0) is 13.3. The molecule has 2 aromatic rings. The van der Waals surface area contributed by atoms with Gasteiger partial charge in [0.2, 0.25) is 0 Å². The molecule has 1 atom stereocenters. The SMILES string of the molecule is COC1(CNc2cc3nncn3c(C)n2)CCOC1. The third-order valence-corrected chi connectivity index (χ3v) is 3.56. The summed E-state index contributed by atoms with van der Waals surface area (Å²) in [4.78, 5) is 4.48. The first-order valence-electron chi connectivity index (χ1n) is 6.27. The summed E-state index contributed by atoms with van der Waals surface area (Å²) in [6, 6.07) is 1.87. The fourth-order valence-corrected chi connectivity index (χ4v) is 2.28. The van der Waals surface area contributed by atoms with Gasteiger partial charge in [-0.15, -0.1) is 10.2 Å². The summed E-state index contributed by atoms with van der Waals surface area (Å²) in [5.74, 6) is 1.63. The number of nitrogens with one attached hydrogen (secondary N) is 1. The Kier molecular flexibility index (Phi) is 3.08. The van der Waals surface area contributed by atoms with E-state index in [0.717, 1.165) is 30.3 Å². The van der Waals surface area contributed by atoms with Crippen molar-refractivity contribution in [2.45, 2.75) is 18.9 Å². The highest BCUT2D eigenvalue weighted by Gasteiger charge is 2.34. The van der Waals surface area contributed by atoms with Crippen molar-refractivity contribution in [1.29, 1.82) is 0 Å². The van der Waals surface area contributed by atoms with Crippen LogP contribution in [0.1, 0.15) is 12.2 Å². The molecule has 0 amide bonds. The predicted octanol–water partition coefficient (Wildman–Crippen LogP) is 0.650.